The fraction of sp³-hybridized carbons (Fsp3) is 0.333. The molecule has 0 amide bonds. The number of rotatable bonds is 3. The van der Waals surface area contributed by atoms with Crippen molar-refractivity contribution in [3.8, 4) is 5.75 Å². The van der Waals surface area contributed by atoms with Crippen molar-refractivity contribution >= 4 is 0 Å². The summed E-state index contributed by atoms with van der Waals surface area (Å²) in [6.07, 6.45) is 0.329. The Balaban J connectivity index is 3.07. The van der Waals surface area contributed by atoms with Gasteiger partial charge in [-0.2, -0.15) is 0 Å². The number of hydrogen-bond acceptors (Lipinski definition) is 3. The Labute approximate surface area is 80.3 Å². The topological polar surface area (TPSA) is 72.3 Å². The summed E-state index contributed by atoms with van der Waals surface area (Å²) in [5, 5.41) is 9.27. The molecule has 0 heterocycles. The molecule has 0 fully saturated rings. The van der Waals surface area contributed by atoms with Crippen molar-refractivity contribution in [3.63, 3.8) is 0 Å². The molecule has 0 unspecified atom stereocenters. The van der Waals surface area contributed by atoms with Gasteiger partial charge in [-0.1, -0.05) is 0 Å². The van der Waals surface area contributed by atoms with Crippen LogP contribution in [0.5, 0.6) is 5.75 Å². The van der Waals surface area contributed by atoms with E-state index in [1.54, 1.807) is 0 Å². The smallest absolute Gasteiger partial charge is 0.134 e. The van der Waals surface area contributed by atoms with Crippen LogP contribution in [0.4, 0.5) is 8.78 Å². The minimum Gasteiger partial charge on any atom is -0.507 e. The van der Waals surface area contributed by atoms with E-state index in [1.807, 2.05) is 0 Å². The monoisotopic (exact) mass is 202 g/mol. The average molecular weight is 202 g/mol. The van der Waals surface area contributed by atoms with Gasteiger partial charge in [-0.25, -0.2) is 8.78 Å². The van der Waals surface area contributed by atoms with Crippen LogP contribution in [0.1, 0.15) is 18.0 Å². The molecule has 1 atom stereocenters. The minimum atomic E-state index is -0.844. The first kappa shape index (κ1) is 10.9. The van der Waals surface area contributed by atoms with Gasteiger partial charge in [0.05, 0.1) is 0 Å². The quantitative estimate of drug-likeness (QED) is 0.685. The molecule has 0 saturated carbocycles. The number of phenols is 1. The Morgan fingerprint density at radius 2 is 2.00 bits per heavy atom. The first-order valence-electron chi connectivity index (χ1n) is 4.19. The molecule has 0 aliphatic rings. The van der Waals surface area contributed by atoms with Gasteiger partial charge in [0.15, 0.2) is 0 Å². The lowest BCUT2D eigenvalue weighted by Gasteiger charge is -2.13. The van der Waals surface area contributed by atoms with Crippen LogP contribution in [0.15, 0.2) is 12.1 Å². The van der Waals surface area contributed by atoms with Crippen LogP contribution >= 0.6 is 0 Å². The van der Waals surface area contributed by atoms with E-state index in [-0.39, 0.29) is 12.1 Å². The number of halogens is 2. The van der Waals surface area contributed by atoms with Gasteiger partial charge < -0.3 is 16.6 Å². The zero-order chi connectivity index (χ0) is 10.7. The van der Waals surface area contributed by atoms with Crippen LogP contribution in [0.3, 0.4) is 0 Å². The van der Waals surface area contributed by atoms with E-state index in [1.165, 1.54) is 0 Å². The number of nitrogens with two attached hydrogens (primary N) is 2. The van der Waals surface area contributed by atoms with Gasteiger partial charge in [0.2, 0.25) is 0 Å². The summed E-state index contributed by atoms with van der Waals surface area (Å²) in [4.78, 5) is 0. The second-order valence-electron chi connectivity index (χ2n) is 3.00. The Morgan fingerprint density at radius 3 is 2.50 bits per heavy atom. The first-order chi connectivity index (χ1) is 6.56. The molecule has 0 saturated heterocycles. The fourth-order valence-electron chi connectivity index (χ4n) is 1.26. The normalized spacial score (nSPS) is 12.9. The molecule has 14 heavy (non-hydrogen) atoms. The number of aromatic hydroxyl groups is 1. The molecule has 0 aromatic heterocycles. The van der Waals surface area contributed by atoms with E-state index in [0.717, 1.165) is 6.07 Å². The third kappa shape index (κ3) is 2.18. The van der Waals surface area contributed by atoms with Crippen molar-refractivity contribution in [2.24, 2.45) is 11.5 Å². The molecule has 1 aromatic carbocycles. The molecule has 1 rings (SSSR count). The molecule has 0 aliphatic carbocycles. The molecule has 1 aromatic rings. The molecule has 5 heteroatoms. The summed E-state index contributed by atoms with van der Waals surface area (Å²) in [5.41, 5.74) is 10.7. The van der Waals surface area contributed by atoms with E-state index < -0.39 is 23.4 Å². The molecule has 3 nitrogen and oxygen atoms in total. The number of phenolic OH excluding ortho intramolecular Hbond substituents is 1. The predicted molar refractivity (Wildman–Crippen MR) is 48.6 cm³/mol. The molecular formula is C9H12F2N2O. The molecule has 5 N–H and O–H groups in total. The molecule has 0 radical (unpaired) electrons. The highest BCUT2D eigenvalue weighted by Gasteiger charge is 2.16. The predicted octanol–water partition coefficient (Wildman–Crippen LogP) is 1.02. The molecule has 78 valence electrons. The highest BCUT2D eigenvalue weighted by Crippen LogP contribution is 2.28. The van der Waals surface area contributed by atoms with Gasteiger partial charge in [-0.3, -0.25) is 0 Å². The maximum Gasteiger partial charge on any atom is 0.134 e. The van der Waals surface area contributed by atoms with E-state index >= 15 is 0 Å². The summed E-state index contributed by atoms with van der Waals surface area (Å²) < 4.78 is 25.8. The van der Waals surface area contributed by atoms with Crippen molar-refractivity contribution in [2.75, 3.05) is 6.54 Å². The number of benzene rings is 1. The van der Waals surface area contributed by atoms with Crippen molar-refractivity contribution in [3.05, 3.63) is 29.3 Å². The van der Waals surface area contributed by atoms with Crippen molar-refractivity contribution in [1.29, 1.82) is 0 Å². The molecular weight excluding hydrogens is 190 g/mol. The van der Waals surface area contributed by atoms with Gasteiger partial charge >= 0.3 is 0 Å². The van der Waals surface area contributed by atoms with Crippen LogP contribution in [0, 0.1) is 11.6 Å². The molecule has 0 bridgehead atoms. The van der Waals surface area contributed by atoms with E-state index in [2.05, 4.69) is 0 Å². The number of hydrogen-bond donors (Lipinski definition) is 3. The fourth-order valence-corrected chi connectivity index (χ4v) is 1.26. The second-order valence-corrected chi connectivity index (χ2v) is 3.00. The third-order valence-electron chi connectivity index (χ3n) is 1.92. The summed E-state index contributed by atoms with van der Waals surface area (Å²) in [7, 11) is 0. The van der Waals surface area contributed by atoms with Crippen molar-refractivity contribution < 1.29 is 13.9 Å². The van der Waals surface area contributed by atoms with Crippen LogP contribution in [0.25, 0.3) is 0 Å². The van der Waals surface area contributed by atoms with Gasteiger partial charge in [0.1, 0.15) is 17.4 Å². The van der Waals surface area contributed by atoms with Crippen LogP contribution in [-0.4, -0.2) is 11.7 Å². The maximum atomic E-state index is 13.2. The summed E-state index contributed by atoms with van der Waals surface area (Å²) in [5.74, 6) is -2.14. The van der Waals surface area contributed by atoms with Crippen LogP contribution in [0.2, 0.25) is 0 Å². The van der Waals surface area contributed by atoms with Gasteiger partial charge in [0, 0.05) is 23.7 Å². The zero-order valence-electron chi connectivity index (χ0n) is 7.50. The lowest BCUT2D eigenvalue weighted by Crippen LogP contribution is -2.17. The third-order valence-corrected chi connectivity index (χ3v) is 1.92. The van der Waals surface area contributed by atoms with Crippen LogP contribution in [-0.2, 0) is 0 Å². The average Bonchev–Trinajstić information content (AvgIpc) is 2.01. The zero-order valence-corrected chi connectivity index (χ0v) is 7.50. The largest absolute Gasteiger partial charge is 0.507 e. The Bertz CT molecular complexity index is 308. The van der Waals surface area contributed by atoms with Crippen LogP contribution < -0.4 is 11.5 Å². The summed E-state index contributed by atoms with van der Waals surface area (Å²) in [6.45, 7) is 0.275. The lowest BCUT2D eigenvalue weighted by molar-refractivity contribution is 0.437. The summed E-state index contributed by atoms with van der Waals surface area (Å²) >= 11 is 0. The maximum absolute atomic E-state index is 13.2. The Hall–Kier alpha value is -1.20. The van der Waals surface area contributed by atoms with Gasteiger partial charge in [-0.15, -0.1) is 0 Å². The highest BCUT2D eigenvalue weighted by atomic mass is 19.1. The van der Waals surface area contributed by atoms with Gasteiger partial charge in [0.25, 0.3) is 0 Å². The van der Waals surface area contributed by atoms with Crippen molar-refractivity contribution in [2.45, 2.75) is 12.5 Å². The van der Waals surface area contributed by atoms with E-state index in [4.69, 9.17) is 11.5 Å². The Kier molecular flexibility index (Phi) is 3.38. The van der Waals surface area contributed by atoms with E-state index in [9.17, 15) is 13.9 Å². The minimum absolute atomic E-state index is 0.0862. The van der Waals surface area contributed by atoms with E-state index in [0.29, 0.717) is 12.5 Å². The highest BCUT2D eigenvalue weighted by molar-refractivity contribution is 5.36. The molecule has 0 aliphatic heterocycles. The second kappa shape index (κ2) is 4.34. The standard InChI is InChI=1S/C9H12F2N2O/c10-5-3-6(11)9(8(14)4-5)7(13)1-2-12/h3-4,7,14H,1-2,12-13H2/t7-/m0/s1. The molecule has 0 spiro atoms. The van der Waals surface area contributed by atoms with Crippen molar-refractivity contribution in [1.82, 2.24) is 0 Å². The van der Waals surface area contributed by atoms with Gasteiger partial charge in [-0.05, 0) is 13.0 Å². The SMILES string of the molecule is NCC[C@H](N)c1c(O)cc(F)cc1F. The summed E-state index contributed by atoms with van der Waals surface area (Å²) in [6, 6.07) is 0.806. The first-order valence-corrected chi connectivity index (χ1v) is 4.19. The lowest BCUT2D eigenvalue weighted by atomic mass is 10.0. The Morgan fingerprint density at radius 1 is 1.36 bits per heavy atom.